The summed E-state index contributed by atoms with van der Waals surface area (Å²) in [6.45, 7) is 5.69. The van der Waals surface area contributed by atoms with Crippen LogP contribution in [-0.4, -0.2) is 19.8 Å². The zero-order valence-corrected chi connectivity index (χ0v) is 8.22. The van der Waals surface area contributed by atoms with Gasteiger partial charge in [-0.15, -0.1) is 8.80 Å². The van der Waals surface area contributed by atoms with Crippen LogP contribution in [0.15, 0.2) is 8.80 Å². The fraction of sp³-hybridized carbons (Fsp3) is 0.714. The quantitative estimate of drug-likeness (QED) is 0.653. The summed E-state index contributed by atoms with van der Waals surface area (Å²) in [6.07, 6.45) is 0.621. The van der Waals surface area contributed by atoms with Gasteiger partial charge in [-0.3, -0.25) is 0 Å². The number of rotatable bonds is 2. The van der Waals surface area contributed by atoms with Gasteiger partial charge in [-0.2, -0.15) is 8.42 Å². The summed E-state index contributed by atoms with van der Waals surface area (Å²) in [5, 5.41) is 0. The number of nitrogens with zero attached hydrogens (tertiary/aromatic N) is 2. The van der Waals surface area contributed by atoms with E-state index < -0.39 is 10.2 Å². The predicted octanol–water partition coefficient (Wildman–Crippen LogP) is 1.19. The Morgan fingerprint density at radius 1 is 1.33 bits per heavy atom. The summed E-state index contributed by atoms with van der Waals surface area (Å²) >= 11 is 0. The standard InChI is InChI=1S/C7H12N2O2S/c1-4-6-7(5(2)3)9-12(10,11)8-6/h5H,4H2,1-3H3. The van der Waals surface area contributed by atoms with Gasteiger partial charge >= 0.3 is 10.2 Å². The van der Waals surface area contributed by atoms with E-state index >= 15 is 0 Å². The third-order valence-electron chi connectivity index (χ3n) is 1.62. The van der Waals surface area contributed by atoms with Gasteiger partial charge in [0.15, 0.2) is 0 Å². The van der Waals surface area contributed by atoms with Crippen LogP contribution in [0.1, 0.15) is 27.2 Å². The van der Waals surface area contributed by atoms with E-state index in [-0.39, 0.29) is 5.92 Å². The lowest BCUT2D eigenvalue weighted by molar-refractivity contribution is 0.600. The van der Waals surface area contributed by atoms with Crippen molar-refractivity contribution in [1.29, 1.82) is 0 Å². The van der Waals surface area contributed by atoms with Crippen LogP contribution in [0.5, 0.6) is 0 Å². The van der Waals surface area contributed by atoms with Crippen LogP contribution in [0.2, 0.25) is 0 Å². The van der Waals surface area contributed by atoms with Gasteiger partial charge < -0.3 is 0 Å². The van der Waals surface area contributed by atoms with Crippen LogP contribution in [-0.2, 0) is 10.2 Å². The molecule has 0 aliphatic carbocycles. The van der Waals surface area contributed by atoms with Gasteiger partial charge in [-0.25, -0.2) is 0 Å². The summed E-state index contributed by atoms with van der Waals surface area (Å²) in [6, 6.07) is 0. The minimum Gasteiger partial charge on any atom is -0.179 e. The smallest absolute Gasteiger partial charge is 0.179 e. The minimum atomic E-state index is -3.53. The van der Waals surface area contributed by atoms with Crippen molar-refractivity contribution in [3.05, 3.63) is 0 Å². The van der Waals surface area contributed by atoms with Crippen LogP contribution >= 0.6 is 0 Å². The molecule has 0 bridgehead atoms. The molecule has 1 aliphatic heterocycles. The molecule has 4 nitrogen and oxygen atoms in total. The Bertz CT molecular complexity index is 338. The van der Waals surface area contributed by atoms with Gasteiger partial charge in [0.05, 0.1) is 11.4 Å². The lowest BCUT2D eigenvalue weighted by atomic mass is 10.0. The molecule has 0 aromatic carbocycles. The molecule has 68 valence electrons. The average Bonchev–Trinajstić information content (AvgIpc) is 2.25. The minimum absolute atomic E-state index is 0.126. The van der Waals surface area contributed by atoms with Crippen molar-refractivity contribution in [3.8, 4) is 0 Å². The number of hydrogen-bond donors (Lipinski definition) is 0. The molecular weight excluding hydrogens is 176 g/mol. The van der Waals surface area contributed by atoms with E-state index in [1.807, 2.05) is 20.8 Å². The van der Waals surface area contributed by atoms with E-state index in [1.165, 1.54) is 0 Å². The lowest BCUT2D eigenvalue weighted by Gasteiger charge is -2.03. The van der Waals surface area contributed by atoms with E-state index in [2.05, 4.69) is 8.80 Å². The second kappa shape index (κ2) is 2.97. The fourth-order valence-corrected chi connectivity index (χ4v) is 2.17. The van der Waals surface area contributed by atoms with Crippen molar-refractivity contribution in [2.45, 2.75) is 27.2 Å². The molecule has 12 heavy (non-hydrogen) atoms. The molecular formula is C7H12N2O2S. The first kappa shape index (κ1) is 9.38. The summed E-state index contributed by atoms with van der Waals surface area (Å²) in [5.74, 6) is 0.126. The van der Waals surface area contributed by atoms with Crippen molar-refractivity contribution in [2.24, 2.45) is 14.7 Å². The highest BCUT2D eigenvalue weighted by molar-refractivity contribution is 7.89. The van der Waals surface area contributed by atoms with Crippen molar-refractivity contribution < 1.29 is 8.42 Å². The fourth-order valence-electron chi connectivity index (χ4n) is 1.07. The van der Waals surface area contributed by atoms with E-state index in [9.17, 15) is 8.42 Å². The van der Waals surface area contributed by atoms with E-state index in [0.29, 0.717) is 17.8 Å². The van der Waals surface area contributed by atoms with Crippen LogP contribution in [0.4, 0.5) is 0 Å². The first-order valence-electron chi connectivity index (χ1n) is 3.90. The molecule has 0 aromatic rings. The Balaban J connectivity index is 3.13. The van der Waals surface area contributed by atoms with Crippen molar-refractivity contribution in [2.75, 3.05) is 0 Å². The van der Waals surface area contributed by atoms with E-state index in [1.54, 1.807) is 0 Å². The van der Waals surface area contributed by atoms with Gasteiger partial charge in [0.1, 0.15) is 0 Å². The predicted molar refractivity (Wildman–Crippen MR) is 48.9 cm³/mol. The molecule has 0 atom stereocenters. The second-order valence-electron chi connectivity index (χ2n) is 2.97. The Morgan fingerprint density at radius 3 is 2.25 bits per heavy atom. The van der Waals surface area contributed by atoms with E-state index in [0.717, 1.165) is 0 Å². The molecule has 1 heterocycles. The lowest BCUT2D eigenvalue weighted by Crippen LogP contribution is -2.16. The molecule has 0 aromatic heterocycles. The maximum atomic E-state index is 10.9. The molecule has 1 rings (SSSR count). The Labute approximate surface area is 72.6 Å². The van der Waals surface area contributed by atoms with Gasteiger partial charge in [0.25, 0.3) is 0 Å². The average molecular weight is 188 g/mol. The molecule has 0 saturated carbocycles. The molecule has 0 radical (unpaired) electrons. The van der Waals surface area contributed by atoms with Gasteiger partial charge in [0.2, 0.25) is 0 Å². The summed E-state index contributed by atoms with van der Waals surface area (Å²) in [5.41, 5.74) is 1.21. The van der Waals surface area contributed by atoms with Crippen molar-refractivity contribution >= 4 is 21.6 Å². The first-order valence-corrected chi connectivity index (χ1v) is 5.30. The normalized spacial score (nSPS) is 21.0. The molecule has 0 N–H and O–H groups in total. The Hall–Kier alpha value is -0.710. The zero-order valence-electron chi connectivity index (χ0n) is 7.40. The summed E-state index contributed by atoms with van der Waals surface area (Å²) in [7, 11) is -3.53. The Morgan fingerprint density at radius 2 is 1.92 bits per heavy atom. The molecule has 1 aliphatic rings. The van der Waals surface area contributed by atoms with Crippen molar-refractivity contribution in [1.82, 2.24) is 0 Å². The highest BCUT2D eigenvalue weighted by Crippen LogP contribution is 2.14. The third kappa shape index (κ3) is 1.72. The van der Waals surface area contributed by atoms with Gasteiger partial charge in [0, 0.05) is 0 Å². The Kier molecular flexibility index (Phi) is 2.32. The summed E-state index contributed by atoms with van der Waals surface area (Å²) in [4.78, 5) is 0. The molecule has 0 spiro atoms. The molecule has 0 fully saturated rings. The third-order valence-corrected chi connectivity index (χ3v) is 2.50. The zero-order chi connectivity index (χ0) is 9.35. The number of hydrogen-bond acceptors (Lipinski definition) is 2. The maximum absolute atomic E-state index is 10.9. The van der Waals surface area contributed by atoms with Gasteiger partial charge in [-0.05, 0) is 12.3 Å². The SMILES string of the molecule is CCC1=NS(=O)(=O)N=C1C(C)C. The first-order chi connectivity index (χ1) is 5.46. The monoisotopic (exact) mass is 188 g/mol. The van der Waals surface area contributed by atoms with Crippen molar-refractivity contribution in [3.63, 3.8) is 0 Å². The van der Waals surface area contributed by atoms with Gasteiger partial charge in [-0.1, -0.05) is 20.8 Å². The van der Waals surface area contributed by atoms with Crippen LogP contribution in [0, 0.1) is 5.92 Å². The molecule has 0 amide bonds. The molecule has 0 saturated heterocycles. The summed E-state index contributed by atoms with van der Waals surface area (Å²) < 4.78 is 29.0. The highest BCUT2D eigenvalue weighted by Gasteiger charge is 2.24. The molecule has 5 heteroatoms. The highest BCUT2D eigenvalue weighted by atomic mass is 32.2. The molecule has 0 unspecified atom stereocenters. The van der Waals surface area contributed by atoms with Crippen LogP contribution in [0.3, 0.4) is 0 Å². The van der Waals surface area contributed by atoms with Crippen LogP contribution in [0.25, 0.3) is 0 Å². The maximum Gasteiger partial charge on any atom is 0.363 e. The largest absolute Gasteiger partial charge is 0.363 e. The van der Waals surface area contributed by atoms with E-state index in [4.69, 9.17) is 0 Å². The topological polar surface area (TPSA) is 58.9 Å². The van der Waals surface area contributed by atoms with Crippen LogP contribution < -0.4 is 0 Å². The second-order valence-corrected chi connectivity index (χ2v) is 4.23.